The van der Waals surface area contributed by atoms with Crippen LogP contribution in [-0.4, -0.2) is 43.4 Å². The Kier molecular flexibility index (Phi) is 6.22. The van der Waals surface area contributed by atoms with E-state index in [4.69, 9.17) is 25.8 Å². The molecule has 6 heteroatoms. The maximum atomic E-state index is 12.2. The van der Waals surface area contributed by atoms with Crippen molar-refractivity contribution in [1.29, 1.82) is 0 Å². The smallest absolute Gasteiger partial charge is 0.410 e. The highest BCUT2D eigenvalue weighted by molar-refractivity contribution is 6.33. The molecule has 1 aromatic carbocycles. The van der Waals surface area contributed by atoms with Gasteiger partial charge in [-0.15, -0.1) is 0 Å². The number of carbonyl (C=O) groups excluding carboxylic acids is 1. The molecule has 1 aliphatic rings. The Bertz CT molecular complexity index is 664. The summed E-state index contributed by atoms with van der Waals surface area (Å²) < 4.78 is 16.4. The number of methoxy groups -OCH3 is 1. The van der Waals surface area contributed by atoms with Gasteiger partial charge in [-0.05, 0) is 57.4 Å². The van der Waals surface area contributed by atoms with Crippen LogP contribution in [0.1, 0.15) is 39.7 Å². The fourth-order valence-corrected chi connectivity index (χ4v) is 2.83. The van der Waals surface area contributed by atoms with Crippen molar-refractivity contribution in [2.45, 2.75) is 39.7 Å². The summed E-state index contributed by atoms with van der Waals surface area (Å²) in [6.07, 6.45) is 2.48. The third-order valence-electron chi connectivity index (χ3n) is 3.76. The summed E-state index contributed by atoms with van der Waals surface area (Å²) in [5, 5.41) is 0.472. The molecular weight excluding hydrogens is 342 g/mol. The molecule has 0 saturated heterocycles. The Balaban J connectivity index is 2.18. The van der Waals surface area contributed by atoms with Crippen molar-refractivity contribution >= 4 is 23.3 Å². The van der Waals surface area contributed by atoms with E-state index in [1.54, 1.807) is 12.0 Å². The van der Waals surface area contributed by atoms with E-state index >= 15 is 0 Å². The summed E-state index contributed by atoms with van der Waals surface area (Å²) in [5.74, 6) is 1.19. The monoisotopic (exact) mass is 367 g/mol. The topological polar surface area (TPSA) is 48.0 Å². The number of benzene rings is 1. The fraction of sp³-hybridized carbons (Fsp3) is 0.526. The number of carbonyl (C=O) groups is 1. The van der Waals surface area contributed by atoms with Crippen LogP contribution in [0.25, 0.3) is 5.57 Å². The molecule has 0 saturated carbocycles. The molecule has 0 aromatic heterocycles. The first-order valence-electron chi connectivity index (χ1n) is 8.42. The normalized spacial score (nSPS) is 14.8. The Labute approximate surface area is 154 Å². The van der Waals surface area contributed by atoms with E-state index in [1.807, 2.05) is 45.9 Å². The van der Waals surface area contributed by atoms with Crippen LogP contribution in [0.3, 0.4) is 0 Å². The fourth-order valence-electron chi connectivity index (χ4n) is 2.59. The third kappa shape index (κ3) is 5.05. The predicted molar refractivity (Wildman–Crippen MR) is 99.6 cm³/mol. The Hall–Kier alpha value is -1.88. The highest BCUT2D eigenvalue weighted by atomic mass is 35.5. The molecular formula is C19H26ClNO4. The van der Waals surface area contributed by atoms with Gasteiger partial charge in [-0.3, -0.25) is 0 Å². The zero-order chi connectivity index (χ0) is 18.6. The number of amides is 1. The van der Waals surface area contributed by atoms with Gasteiger partial charge < -0.3 is 19.1 Å². The van der Waals surface area contributed by atoms with E-state index in [9.17, 15) is 4.79 Å². The quantitative estimate of drug-likeness (QED) is 0.768. The molecule has 0 unspecified atom stereocenters. The molecule has 1 aromatic rings. The lowest BCUT2D eigenvalue weighted by atomic mass is 9.99. The van der Waals surface area contributed by atoms with Gasteiger partial charge in [0.15, 0.2) is 0 Å². The van der Waals surface area contributed by atoms with E-state index in [1.165, 1.54) is 0 Å². The molecule has 0 aliphatic carbocycles. The van der Waals surface area contributed by atoms with E-state index < -0.39 is 5.60 Å². The van der Waals surface area contributed by atoms with Crippen LogP contribution in [-0.2, 0) is 4.74 Å². The predicted octanol–water partition coefficient (Wildman–Crippen LogP) is 4.77. The molecule has 0 N–H and O–H groups in total. The first-order valence-corrected chi connectivity index (χ1v) is 8.80. The van der Waals surface area contributed by atoms with Crippen molar-refractivity contribution in [1.82, 2.24) is 4.90 Å². The van der Waals surface area contributed by atoms with Gasteiger partial charge >= 0.3 is 6.09 Å². The van der Waals surface area contributed by atoms with Crippen molar-refractivity contribution in [3.8, 4) is 11.5 Å². The minimum atomic E-state index is -0.489. The van der Waals surface area contributed by atoms with Crippen LogP contribution in [0.5, 0.6) is 11.5 Å². The molecule has 0 spiro atoms. The third-order valence-corrected chi connectivity index (χ3v) is 4.13. The summed E-state index contributed by atoms with van der Waals surface area (Å²) in [6, 6.07) is 3.82. The van der Waals surface area contributed by atoms with Gasteiger partial charge in [0, 0.05) is 13.1 Å². The van der Waals surface area contributed by atoms with Gasteiger partial charge in [0.05, 0.1) is 13.7 Å². The average molecular weight is 368 g/mol. The Morgan fingerprint density at radius 3 is 2.48 bits per heavy atom. The van der Waals surface area contributed by atoms with E-state index in [-0.39, 0.29) is 6.09 Å². The summed E-state index contributed by atoms with van der Waals surface area (Å²) in [7, 11) is 1.58. The highest BCUT2D eigenvalue weighted by Crippen LogP contribution is 2.38. The molecule has 138 valence electrons. The second-order valence-corrected chi connectivity index (χ2v) is 7.21. The molecule has 1 amide bonds. The number of ether oxygens (including phenoxy) is 3. The standard InChI is InChI=1S/C19H26ClNO4/c1-6-24-16-12-14(11-15(23-5)17(16)20)13-7-9-21(10-8-13)18(22)25-19(2,3)4/h7,11-12H,6,8-10H2,1-5H3. The van der Waals surface area contributed by atoms with Crippen LogP contribution in [0.4, 0.5) is 4.79 Å². The Morgan fingerprint density at radius 1 is 1.28 bits per heavy atom. The molecule has 0 atom stereocenters. The molecule has 5 nitrogen and oxygen atoms in total. The molecule has 1 heterocycles. The second-order valence-electron chi connectivity index (χ2n) is 6.83. The van der Waals surface area contributed by atoms with Crippen molar-refractivity contribution in [3.05, 3.63) is 28.8 Å². The van der Waals surface area contributed by atoms with E-state index in [0.29, 0.717) is 36.2 Å². The van der Waals surface area contributed by atoms with E-state index in [2.05, 4.69) is 0 Å². The molecule has 0 bridgehead atoms. The van der Waals surface area contributed by atoms with Crippen molar-refractivity contribution < 1.29 is 19.0 Å². The first kappa shape index (κ1) is 19.4. The Morgan fingerprint density at radius 2 is 1.96 bits per heavy atom. The summed E-state index contributed by atoms with van der Waals surface area (Å²) in [6.45, 7) is 9.16. The maximum Gasteiger partial charge on any atom is 0.410 e. The summed E-state index contributed by atoms with van der Waals surface area (Å²) in [4.78, 5) is 13.9. The van der Waals surface area contributed by atoms with Crippen molar-refractivity contribution in [3.63, 3.8) is 0 Å². The molecule has 25 heavy (non-hydrogen) atoms. The van der Waals surface area contributed by atoms with Crippen molar-refractivity contribution in [2.24, 2.45) is 0 Å². The van der Waals surface area contributed by atoms with Crippen molar-refractivity contribution in [2.75, 3.05) is 26.8 Å². The van der Waals surface area contributed by atoms with Crippen LogP contribution >= 0.6 is 11.6 Å². The van der Waals surface area contributed by atoms with Crippen LogP contribution < -0.4 is 9.47 Å². The van der Waals surface area contributed by atoms with Crippen LogP contribution in [0.2, 0.25) is 5.02 Å². The second kappa shape index (κ2) is 8.00. The lowest BCUT2D eigenvalue weighted by molar-refractivity contribution is 0.0270. The summed E-state index contributed by atoms with van der Waals surface area (Å²) >= 11 is 6.29. The van der Waals surface area contributed by atoms with Gasteiger partial charge in [0.25, 0.3) is 0 Å². The van der Waals surface area contributed by atoms with Gasteiger partial charge in [-0.2, -0.15) is 0 Å². The SMILES string of the molecule is CCOc1cc(C2=CCN(C(=O)OC(C)(C)C)CC2)cc(OC)c1Cl. The van der Waals surface area contributed by atoms with Gasteiger partial charge in [0.1, 0.15) is 22.1 Å². The number of hydrogen-bond acceptors (Lipinski definition) is 4. The lowest BCUT2D eigenvalue weighted by Gasteiger charge is -2.29. The van der Waals surface area contributed by atoms with Gasteiger partial charge in [-0.1, -0.05) is 17.7 Å². The maximum absolute atomic E-state index is 12.2. The summed E-state index contributed by atoms with van der Waals surface area (Å²) in [5.41, 5.74) is 1.64. The minimum absolute atomic E-state index is 0.286. The van der Waals surface area contributed by atoms with Crippen LogP contribution in [0.15, 0.2) is 18.2 Å². The van der Waals surface area contributed by atoms with Gasteiger partial charge in [-0.25, -0.2) is 4.79 Å². The molecule has 2 rings (SSSR count). The van der Waals surface area contributed by atoms with Gasteiger partial charge in [0.2, 0.25) is 0 Å². The molecule has 1 aliphatic heterocycles. The highest BCUT2D eigenvalue weighted by Gasteiger charge is 2.24. The zero-order valence-electron chi connectivity index (χ0n) is 15.5. The first-order chi connectivity index (χ1) is 11.7. The largest absolute Gasteiger partial charge is 0.495 e. The number of nitrogens with zero attached hydrogens (tertiary/aromatic N) is 1. The molecule has 0 radical (unpaired) electrons. The molecule has 0 fully saturated rings. The number of hydrogen-bond donors (Lipinski definition) is 0. The van der Waals surface area contributed by atoms with Crippen LogP contribution in [0, 0.1) is 0 Å². The van der Waals surface area contributed by atoms with E-state index in [0.717, 1.165) is 17.6 Å². The number of halogens is 1. The minimum Gasteiger partial charge on any atom is -0.495 e. The zero-order valence-corrected chi connectivity index (χ0v) is 16.3. The average Bonchev–Trinajstić information content (AvgIpc) is 2.55. The lowest BCUT2D eigenvalue weighted by Crippen LogP contribution is -2.39. The number of rotatable bonds is 4.